The van der Waals surface area contributed by atoms with Crippen molar-refractivity contribution in [3.8, 4) is 0 Å². The molecule has 27 heavy (non-hydrogen) atoms. The molecule has 3 atom stereocenters. The molecule has 0 aromatic rings. The largest absolute Gasteiger partial charge is 0.480 e. The number of carboxylic acid groups (broad SMARTS) is 1. The minimum atomic E-state index is -1.35. The zero-order chi connectivity index (χ0) is 20.6. The molecule has 1 fully saturated rings. The van der Waals surface area contributed by atoms with Gasteiger partial charge in [0.05, 0.1) is 19.2 Å². The number of aliphatic carboxylic acids is 1. The van der Waals surface area contributed by atoms with Crippen molar-refractivity contribution < 1.29 is 34.2 Å². The van der Waals surface area contributed by atoms with E-state index in [4.69, 9.17) is 16.6 Å². The van der Waals surface area contributed by atoms with Crippen LogP contribution in [0.25, 0.3) is 0 Å². The van der Waals surface area contributed by atoms with Gasteiger partial charge < -0.3 is 37.2 Å². The molecule has 1 heterocycles. The van der Waals surface area contributed by atoms with E-state index in [0.717, 1.165) is 4.90 Å². The highest BCUT2D eigenvalue weighted by Gasteiger charge is 2.34. The predicted octanol–water partition coefficient (Wildman–Crippen LogP) is -3.75. The normalized spacial score (nSPS) is 18.4. The molecule has 4 amide bonds. The van der Waals surface area contributed by atoms with Gasteiger partial charge in [0.15, 0.2) is 0 Å². The maximum absolute atomic E-state index is 12.1. The molecule has 1 saturated heterocycles. The Morgan fingerprint density at radius 1 is 1.19 bits per heavy atom. The smallest absolute Gasteiger partial charge is 0.326 e. The molecule has 1 aliphatic rings. The molecule has 0 saturated carbocycles. The number of nitrogens with two attached hydrogens (primary N) is 2. The fourth-order valence-corrected chi connectivity index (χ4v) is 2.61. The molecule has 152 valence electrons. The molecular formula is C15H25N5O7. The first kappa shape index (κ1) is 22.3. The van der Waals surface area contributed by atoms with E-state index in [1.807, 2.05) is 0 Å². The van der Waals surface area contributed by atoms with Crippen LogP contribution in [0.2, 0.25) is 0 Å². The van der Waals surface area contributed by atoms with Gasteiger partial charge in [-0.1, -0.05) is 0 Å². The van der Waals surface area contributed by atoms with E-state index in [0.29, 0.717) is 12.8 Å². The van der Waals surface area contributed by atoms with E-state index in [-0.39, 0.29) is 19.4 Å². The zero-order valence-electron chi connectivity index (χ0n) is 14.7. The number of nitrogens with one attached hydrogen (secondary N) is 2. The molecular weight excluding hydrogens is 362 g/mol. The van der Waals surface area contributed by atoms with E-state index in [9.17, 15) is 29.1 Å². The van der Waals surface area contributed by atoms with E-state index >= 15 is 0 Å². The molecule has 0 aliphatic carbocycles. The second-order valence-electron chi connectivity index (χ2n) is 6.16. The van der Waals surface area contributed by atoms with Crippen molar-refractivity contribution in [1.29, 1.82) is 0 Å². The summed E-state index contributed by atoms with van der Waals surface area (Å²) in [5.41, 5.74) is 10.5. The minimum absolute atomic E-state index is 0.0229. The standard InChI is InChI=1S/C15H25N5O7/c16-8(3-4-11(17)22)13(24)19-9(7-21)14(25)18-6-12(23)20-5-1-2-10(20)15(26)27/h8-10,21H,1-7,16H2,(H2,17,22)(H,18,25)(H,19,24)(H,26,27). The van der Waals surface area contributed by atoms with Gasteiger partial charge in [-0.15, -0.1) is 0 Å². The average Bonchev–Trinajstić information content (AvgIpc) is 3.11. The van der Waals surface area contributed by atoms with Gasteiger partial charge in [0.25, 0.3) is 0 Å². The van der Waals surface area contributed by atoms with Crippen LogP contribution in [-0.2, 0) is 24.0 Å². The topological polar surface area (TPSA) is 205 Å². The number of carbonyl (C=O) groups is 5. The number of hydrogen-bond acceptors (Lipinski definition) is 7. The van der Waals surface area contributed by atoms with Gasteiger partial charge in [0, 0.05) is 13.0 Å². The number of primary amides is 1. The van der Waals surface area contributed by atoms with Gasteiger partial charge in [0.2, 0.25) is 23.6 Å². The summed E-state index contributed by atoms with van der Waals surface area (Å²) in [6.07, 6.45) is 0.757. The summed E-state index contributed by atoms with van der Waals surface area (Å²) in [7, 11) is 0. The summed E-state index contributed by atoms with van der Waals surface area (Å²) >= 11 is 0. The molecule has 12 nitrogen and oxygen atoms in total. The third kappa shape index (κ3) is 6.83. The molecule has 0 aromatic heterocycles. The quantitative estimate of drug-likeness (QED) is 0.219. The number of aliphatic hydroxyl groups is 1. The van der Waals surface area contributed by atoms with Crippen molar-refractivity contribution in [2.75, 3.05) is 19.7 Å². The number of hydrogen-bond donors (Lipinski definition) is 6. The van der Waals surface area contributed by atoms with Crippen molar-refractivity contribution in [2.24, 2.45) is 11.5 Å². The molecule has 0 aromatic carbocycles. The fourth-order valence-electron chi connectivity index (χ4n) is 2.61. The van der Waals surface area contributed by atoms with Gasteiger partial charge in [-0.25, -0.2) is 4.79 Å². The number of aliphatic hydroxyl groups excluding tert-OH is 1. The summed E-state index contributed by atoms with van der Waals surface area (Å²) in [6, 6.07) is -3.37. The number of rotatable bonds is 10. The van der Waals surface area contributed by atoms with Gasteiger partial charge >= 0.3 is 5.97 Å². The van der Waals surface area contributed by atoms with Gasteiger partial charge in [-0.3, -0.25) is 19.2 Å². The predicted molar refractivity (Wildman–Crippen MR) is 90.8 cm³/mol. The number of carboxylic acids is 1. The van der Waals surface area contributed by atoms with Crippen molar-refractivity contribution in [3.63, 3.8) is 0 Å². The summed E-state index contributed by atoms with van der Waals surface area (Å²) < 4.78 is 0. The number of amides is 4. The first-order valence-electron chi connectivity index (χ1n) is 8.42. The highest BCUT2D eigenvalue weighted by atomic mass is 16.4. The number of likely N-dealkylation sites (tertiary alicyclic amines) is 1. The molecule has 0 radical (unpaired) electrons. The second-order valence-corrected chi connectivity index (χ2v) is 6.16. The van der Waals surface area contributed by atoms with Crippen LogP contribution in [-0.4, -0.2) is 82.5 Å². The van der Waals surface area contributed by atoms with Crippen molar-refractivity contribution in [3.05, 3.63) is 0 Å². The molecule has 0 bridgehead atoms. The Bertz CT molecular complexity index is 597. The van der Waals surface area contributed by atoms with Crippen LogP contribution in [0.4, 0.5) is 0 Å². The van der Waals surface area contributed by atoms with E-state index in [1.165, 1.54) is 0 Å². The van der Waals surface area contributed by atoms with Crippen LogP contribution >= 0.6 is 0 Å². The molecule has 1 aliphatic heterocycles. The summed E-state index contributed by atoms with van der Waals surface area (Å²) in [4.78, 5) is 59.0. The van der Waals surface area contributed by atoms with Crippen LogP contribution < -0.4 is 22.1 Å². The third-order valence-electron chi connectivity index (χ3n) is 4.13. The van der Waals surface area contributed by atoms with Crippen LogP contribution in [0.15, 0.2) is 0 Å². The van der Waals surface area contributed by atoms with Gasteiger partial charge in [0.1, 0.15) is 12.1 Å². The average molecular weight is 387 g/mol. The minimum Gasteiger partial charge on any atom is -0.480 e. The van der Waals surface area contributed by atoms with Crippen LogP contribution in [0.1, 0.15) is 25.7 Å². The molecule has 1 rings (SSSR count). The maximum Gasteiger partial charge on any atom is 0.326 e. The Hall–Kier alpha value is -2.73. The van der Waals surface area contributed by atoms with Crippen molar-refractivity contribution in [2.45, 2.75) is 43.8 Å². The van der Waals surface area contributed by atoms with Crippen LogP contribution in [0.5, 0.6) is 0 Å². The van der Waals surface area contributed by atoms with Crippen LogP contribution in [0.3, 0.4) is 0 Å². The highest BCUT2D eigenvalue weighted by molar-refractivity contribution is 5.93. The summed E-state index contributed by atoms with van der Waals surface area (Å²) in [5, 5.41) is 22.8. The SMILES string of the molecule is NC(=O)CCC(N)C(=O)NC(CO)C(=O)NCC(=O)N1CCCC1C(=O)O. The Labute approximate surface area is 155 Å². The third-order valence-corrected chi connectivity index (χ3v) is 4.13. The Morgan fingerprint density at radius 3 is 2.41 bits per heavy atom. The van der Waals surface area contributed by atoms with Gasteiger partial charge in [-0.05, 0) is 19.3 Å². The maximum atomic E-state index is 12.1. The lowest BCUT2D eigenvalue weighted by molar-refractivity contribution is -0.148. The Morgan fingerprint density at radius 2 is 1.85 bits per heavy atom. The fraction of sp³-hybridized carbons (Fsp3) is 0.667. The molecule has 0 spiro atoms. The highest BCUT2D eigenvalue weighted by Crippen LogP contribution is 2.17. The van der Waals surface area contributed by atoms with Gasteiger partial charge in [-0.2, -0.15) is 0 Å². The number of nitrogens with zero attached hydrogens (tertiary/aromatic N) is 1. The molecule has 8 N–H and O–H groups in total. The second kappa shape index (κ2) is 10.4. The molecule has 3 unspecified atom stereocenters. The van der Waals surface area contributed by atoms with E-state index in [1.54, 1.807) is 0 Å². The Kier molecular flexibility index (Phi) is 8.62. The lowest BCUT2D eigenvalue weighted by Gasteiger charge is -2.23. The van der Waals surface area contributed by atoms with E-state index in [2.05, 4.69) is 10.6 Å². The monoisotopic (exact) mass is 387 g/mol. The first-order valence-corrected chi connectivity index (χ1v) is 8.42. The van der Waals surface area contributed by atoms with Crippen LogP contribution in [0, 0.1) is 0 Å². The van der Waals surface area contributed by atoms with Crippen molar-refractivity contribution >= 4 is 29.6 Å². The summed E-state index contributed by atoms with van der Waals surface area (Å²) in [5.74, 6) is -3.91. The molecule has 12 heteroatoms. The first-order chi connectivity index (χ1) is 12.7. The van der Waals surface area contributed by atoms with Crippen molar-refractivity contribution in [1.82, 2.24) is 15.5 Å². The lowest BCUT2D eigenvalue weighted by atomic mass is 10.1. The zero-order valence-corrected chi connectivity index (χ0v) is 14.7. The number of carbonyl (C=O) groups excluding carboxylic acids is 4. The summed E-state index contributed by atoms with van der Waals surface area (Å²) in [6.45, 7) is -0.932. The lowest BCUT2D eigenvalue weighted by Crippen LogP contribution is -2.54. The van der Waals surface area contributed by atoms with E-state index < -0.39 is 60.9 Å². The Balaban J connectivity index is 2.51.